The molecule has 1 aliphatic rings. The molecule has 0 aromatic carbocycles. The predicted octanol–water partition coefficient (Wildman–Crippen LogP) is -6.00. The topological polar surface area (TPSA) is 336 Å². The number of phosphoric ester groups is 1. The number of aromatic amines is 1. The van der Waals surface area contributed by atoms with Crippen molar-refractivity contribution in [3.05, 3.63) is 33.1 Å². The quantitative estimate of drug-likeness (QED) is 0.0851. The van der Waals surface area contributed by atoms with Gasteiger partial charge in [0.1, 0.15) is 42.7 Å². The van der Waals surface area contributed by atoms with Gasteiger partial charge in [-0.2, -0.15) is 4.31 Å². The van der Waals surface area contributed by atoms with Crippen LogP contribution in [0.2, 0.25) is 0 Å². The number of hydrogen-bond donors (Lipinski definition) is 11. The van der Waals surface area contributed by atoms with Gasteiger partial charge >= 0.3 is 21.3 Å². The molecule has 9 atom stereocenters. The Labute approximate surface area is 205 Å². The lowest BCUT2D eigenvalue weighted by Crippen LogP contribution is -2.46. The number of rotatable bonds is 11. The Morgan fingerprint density at radius 3 is 2.16 bits per heavy atom. The first-order valence-electron chi connectivity index (χ1n) is 9.79. The summed E-state index contributed by atoms with van der Waals surface area (Å²) in [6.07, 6.45) is -12.1. The number of aliphatic hydroxyl groups excluding tert-OH is 7. The van der Waals surface area contributed by atoms with Crippen molar-refractivity contribution in [2.75, 3.05) is 13.2 Å². The predicted molar refractivity (Wildman–Crippen MR) is 113 cm³/mol. The Kier molecular flexibility index (Phi) is 12.5. The van der Waals surface area contributed by atoms with Gasteiger partial charge in [-0.3, -0.25) is 18.9 Å². The van der Waals surface area contributed by atoms with E-state index in [1.54, 1.807) is 0 Å². The molecule has 1 aromatic heterocycles. The highest BCUT2D eigenvalue weighted by atomic mass is 31.3. The van der Waals surface area contributed by atoms with Crippen molar-refractivity contribution < 1.29 is 77.9 Å². The maximum absolute atomic E-state index is 11.7. The SMILES string of the molecule is O=C[C@H](O)[C@@H](O)[C@H](O)[C@H](O)CO.O=c1ccn([C@@H]2O[C@H](COP(=O)(O)OP(=O)(O)O)[C@@H](O)[C@H]2O)c(=O)[nH]1. The van der Waals surface area contributed by atoms with Gasteiger partial charge in [0.25, 0.3) is 5.56 Å². The van der Waals surface area contributed by atoms with Crippen molar-refractivity contribution in [1.29, 1.82) is 0 Å². The average molecular weight is 584 g/mol. The van der Waals surface area contributed by atoms with E-state index in [1.807, 2.05) is 4.98 Å². The number of nitrogens with one attached hydrogen (secondary N) is 1. The number of aromatic nitrogens is 2. The lowest BCUT2D eigenvalue weighted by atomic mass is 10.0. The van der Waals surface area contributed by atoms with Crippen LogP contribution in [0.5, 0.6) is 0 Å². The molecule has 11 N–H and O–H groups in total. The van der Waals surface area contributed by atoms with E-state index in [0.29, 0.717) is 0 Å². The van der Waals surface area contributed by atoms with Crippen LogP contribution in [0.4, 0.5) is 0 Å². The Bertz CT molecular complexity index is 1090. The molecule has 1 aliphatic heterocycles. The molecule has 1 saturated heterocycles. The first kappa shape index (κ1) is 33.3. The standard InChI is InChI=1S/C9H14N2O12P2.C6H12O6/c12-5-1-2-11(9(15)10-5)8-7(14)6(13)4(22-8)3-21-25(19,20)23-24(16,17)18;7-1-3(9)5(11)6(12)4(10)2-8/h1-2,4,6-8,13-14H,3H2,(H,19,20)(H,10,12,15)(H2,16,17,18);1,3-6,8-12H,2H2/t4-,6-,7-,8-;3-,4+,5+,6+/m10/s1. The van der Waals surface area contributed by atoms with Crippen molar-refractivity contribution in [3.63, 3.8) is 0 Å². The number of carbonyl (C=O) groups excluding carboxylic acids is 1. The summed E-state index contributed by atoms with van der Waals surface area (Å²) in [5.41, 5.74) is -1.65. The van der Waals surface area contributed by atoms with E-state index in [4.69, 9.17) is 44.9 Å². The molecule has 0 amide bonds. The third kappa shape index (κ3) is 10.2. The molecule has 0 radical (unpaired) electrons. The molecule has 0 bridgehead atoms. The smallest absolute Gasteiger partial charge is 0.394 e. The molecule has 0 saturated carbocycles. The minimum atomic E-state index is -5.32. The first-order valence-corrected chi connectivity index (χ1v) is 12.8. The van der Waals surface area contributed by atoms with Gasteiger partial charge in [-0.15, -0.1) is 0 Å². The molecule has 1 fully saturated rings. The highest BCUT2D eigenvalue weighted by Crippen LogP contribution is 2.57. The maximum atomic E-state index is 11.7. The van der Waals surface area contributed by atoms with Crippen molar-refractivity contribution in [2.45, 2.75) is 49.0 Å². The summed E-state index contributed by atoms with van der Waals surface area (Å²) in [6.45, 7) is -1.66. The zero-order valence-electron chi connectivity index (χ0n) is 18.3. The second-order valence-corrected chi connectivity index (χ2v) is 10.1. The monoisotopic (exact) mass is 584 g/mol. The number of carbonyl (C=O) groups is 1. The zero-order valence-corrected chi connectivity index (χ0v) is 20.1. The van der Waals surface area contributed by atoms with Gasteiger partial charge in [-0.05, 0) is 0 Å². The Hall–Kier alpha value is -1.71. The number of H-pyrrole nitrogens is 1. The van der Waals surface area contributed by atoms with Gasteiger partial charge in [0.2, 0.25) is 0 Å². The number of ether oxygens (including phenoxy) is 1. The molecule has 1 unspecified atom stereocenters. The van der Waals surface area contributed by atoms with Crippen LogP contribution in [0.1, 0.15) is 6.23 Å². The van der Waals surface area contributed by atoms with Crippen molar-refractivity contribution >= 4 is 21.9 Å². The highest BCUT2D eigenvalue weighted by Gasteiger charge is 2.45. The van der Waals surface area contributed by atoms with Crippen LogP contribution in [0, 0.1) is 0 Å². The molecule has 37 heavy (non-hydrogen) atoms. The van der Waals surface area contributed by atoms with E-state index in [2.05, 4.69) is 8.83 Å². The molecular formula is C15H26N2O18P2. The summed E-state index contributed by atoms with van der Waals surface area (Å²) < 4.78 is 35.6. The second-order valence-electron chi connectivity index (χ2n) is 7.26. The summed E-state index contributed by atoms with van der Waals surface area (Å²) in [5.74, 6) is 0. The summed E-state index contributed by atoms with van der Waals surface area (Å²) >= 11 is 0. The fraction of sp³-hybridized carbons (Fsp3) is 0.667. The fourth-order valence-electron chi connectivity index (χ4n) is 2.67. The molecule has 0 aliphatic carbocycles. The van der Waals surface area contributed by atoms with E-state index in [1.165, 1.54) is 0 Å². The second kappa shape index (κ2) is 13.9. The number of phosphoric acid groups is 2. The van der Waals surface area contributed by atoms with E-state index in [0.717, 1.165) is 16.8 Å². The van der Waals surface area contributed by atoms with Crippen LogP contribution in [0.25, 0.3) is 0 Å². The van der Waals surface area contributed by atoms with E-state index in [-0.39, 0.29) is 6.29 Å². The normalized spacial score (nSPS) is 26.8. The molecule has 0 spiro atoms. The van der Waals surface area contributed by atoms with Gasteiger partial charge in [0.05, 0.1) is 13.2 Å². The van der Waals surface area contributed by atoms with E-state index >= 15 is 0 Å². The molecule has 214 valence electrons. The van der Waals surface area contributed by atoms with Crippen LogP contribution >= 0.6 is 15.6 Å². The zero-order chi connectivity index (χ0) is 28.7. The minimum Gasteiger partial charge on any atom is -0.394 e. The van der Waals surface area contributed by atoms with Crippen LogP contribution in [-0.2, 0) is 27.5 Å². The molecule has 22 heteroatoms. The summed E-state index contributed by atoms with van der Waals surface area (Å²) in [7, 11) is -10.5. The van der Waals surface area contributed by atoms with Gasteiger partial charge in [-0.25, -0.2) is 13.9 Å². The van der Waals surface area contributed by atoms with E-state index < -0.39 is 89.1 Å². The average Bonchev–Trinajstić information content (AvgIpc) is 3.08. The van der Waals surface area contributed by atoms with Crippen LogP contribution < -0.4 is 11.2 Å². The van der Waals surface area contributed by atoms with Crippen molar-refractivity contribution in [2.24, 2.45) is 0 Å². The number of hydrogen-bond acceptors (Lipinski definition) is 15. The van der Waals surface area contributed by atoms with Gasteiger partial charge in [0, 0.05) is 12.3 Å². The van der Waals surface area contributed by atoms with Gasteiger partial charge in [-0.1, -0.05) is 0 Å². The van der Waals surface area contributed by atoms with Crippen LogP contribution in [-0.4, -0.2) is 122 Å². The fourth-order valence-corrected chi connectivity index (χ4v) is 4.27. The van der Waals surface area contributed by atoms with E-state index in [9.17, 15) is 33.7 Å². The van der Waals surface area contributed by atoms with Crippen LogP contribution in [0.3, 0.4) is 0 Å². The Morgan fingerprint density at radius 1 is 1.08 bits per heavy atom. The lowest BCUT2D eigenvalue weighted by molar-refractivity contribution is -0.136. The summed E-state index contributed by atoms with van der Waals surface area (Å²) in [6, 6.07) is 0.962. The van der Waals surface area contributed by atoms with Crippen molar-refractivity contribution in [1.82, 2.24) is 9.55 Å². The minimum absolute atomic E-state index is 0.0258. The van der Waals surface area contributed by atoms with Crippen LogP contribution in [0.15, 0.2) is 21.9 Å². The maximum Gasteiger partial charge on any atom is 0.481 e. The number of nitrogens with zero attached hydrogens (tertiary/aromatic N) is 1. The summed E-state index contributed by atoms with van der Waals surface area (Å²) in [4.78, 5) is 60.6. The lowest BCUT2D eigenvalue weighted by Gasteiger charge is -2.22. The molecule has 2 heterocycles. The van der Waals surface area contributed by atoms with Gasteiger partial charge in [0.15, 0.2) is 12.5 Å². The Balaban J connectivity index is 0.000000482. The number of aldehydes is 1. The summed E-state index contributed by atoms with van der Waals surface area (Å²) in [5, 5.41) is 63.3. The highest BCUT2D eigenvalue weighted by molar-refractivity contribution is 7.60. The largest absolute Gasteiger partial charge is 0.481 e. The molecule has 2 rings (SSSR count). The van der Waals surface area contributed by atoms with Gasteiger partial charge < -0.3 is 60.0 Å². The first-order chi connectivity index (χ1) is 16.9. The van der Waals surface area contributed by atoms with Crippen molar-refractivity contribution in [3.8, 4) is 0 Å². The third-order valence-corrected chi connectivity index (χ3v) is 6.65. The molecule has 20 nitrogen and oxygen atoms in total. The number of aliphatic hydroxyl groups is 7. The molecular weight excluding hydrogens is 558 g/mol. The Morgan fingerprint density at radius 2 is 1.68 bits per heavy atom. The molecule has 1 aromatic rings. The third-order valence-electron chi connectivity index (χ3n) is 4.49.